The van der Waals surface area contributed by atoms with Gasteiger partial charge in [0.1, 0.15) is 0 Å². The maximum atomic E-state index is 10.6. The molecule has 39 heavy (non-hydrogen) atoms. The number of hydrogen-bond acceptors (Lipinski definition) is 5. The molecule has 0 fully saturated rings. The molecule has 1 N–H and O–H groups in total. The van der Waals surface area contributed by atoms with Gasteiger partial charge in [0.2, 0.25) is 0 Å². The van der Waals surface area contributed by atoms with E-state index in [0.717, 1.165) is 45.4 Å². The quantitative estimate of drug-likeness (QED) is 0.176. The van der Waals surface area contributed by atoms with E-state index in [1.54, 1.807) is 30.9 Å². The minimum atomic E-state index is 0.0847. The smallest absolute Gasteiger partial charge is 0.150 e. The Balaban J connectivity index is 0.000000154. The lowest BCUT2D eigenvalue weighted by molar-refractivity contribution is 0.112. The van der Waals surface area contributed by atoms with Crippen LogP contribution in [-0.4, -0.2) is 31.7 Å². The predicted molar refractivity (Wildman–Crippen MR) is 162 cm³/mol. The van der Waals surface area contributed by atoms with E-state index in [1.807, 2.05) is 54.9 Å². The fourth-order valence-corrected chi connectivity index (χ4v) is 4.08. The van der Waals surface area contributed by atoms with Crippen LogP contribution in [0, 0.1) is 0 Å². The number of benzene rings is 3. The van der Waals surface area contributed by atoms with E-state index in [-0.39, 0.29) is 11.9 Å². The molecule has 6 aromatic rings. The van der Waals surface area contributed by atoms with Gasteiger partial charge in [-0.1, -0.05) is 61.5 Å². The molecule has 0 aliphatic rings. The van der Waals surface area contributed by atoms with Gasteiger partial charge < -0.3 is 5.11 Å². The molecule has 3 heterocycles. The number of nitrogens with zero attached hydrogens (tertiary/aromatic N) is 3. The van der Waals surface area contributed by atoms with E-state index in [2.05, 4.69) is 46.1 Å². The zero-order valence-corrected chi connectivity index (χ0v) is 23.1. The standard InChI is InChI=1S/C11H11N.C10H9NO.C10H7NO.CH2Cl2/c1-2-9-4-3-5-10-8-12-7-6-11(9)10;2*12-7-9-3-1-2-8-6-11-5-4-10(8)9;2-1-3/h3-8H,2H2,1H3;1-6,12H,7H2;1-7H;1H2. The van der Waals surface area contributed by atoms with Gasteiger partial charge in [0.05, 0.1) is 11.9 Å². The molecule has 5 nitrogen and oxygen atoms in total. The molecule has 0 aliphatic carbocycles. The molecule has 7 heteroatoms. The molecule has 0 saturated carbocycles. The van der Waals surface area contributed by atoms with Gasteiger partial charge in [0.15, 0.2) is 6.29 Å². The van der Waals surface area contributed by atoms with Gasteiger partial charge in [0, 0.05) is 58.9 Å². The van der Waals surface area contributed by atoms with Gasteiger partial charge in [-0.3, -0.25) is 19.7 Å². The van der Waals surface area contributed by atoms with E-state index in [1.165, 1.54) is 16.3 Å². The number of aldehydes is 1. The summed E-state index contributed by atoms with van der Waals surface area (Å²) >= 11 is 9.53. The van der Waals surface area contributed by atoms with E-state index in [9.17, 15) is 4.79 Å². The van der Waals surface area contributed by atoms with Gasteiger partial charge in [-0.05, 0) is 51.9 Å². The highest BCUT2D eigenvalue weighted by Gasteiger charge is 1.98. The molecular formula is C32H29Cl2N3O2. The molecule has 0 radical (unpaired) electrons. The Kier molecular flexibility index (Phi) is 12.3. The number of alkyl halides is 2. The Morgan fingerprint density at radius 3 is 1.59 bits per heavy atom. The van der Waals surface area contributed by atoms with Crippen molar-refractivity contribution in [1.29, 1.82) is 0 Å². The maximum absolute atomic E-state index is 10.6. The first-order chi connectivity index (χ1) is 19.2. The molecule has 0 unspecified atom stereocenters. The Hall–Kier alpha value is -3.90. The van der Waals surface area contributed by atoms with Crippen LogP contribution in [0.4, 0.5) is 0 Å². The molecule has 0 amide bonds. The summed E-state index contributed by atoms with van der Waals surface area (Å²) in [6, 6.07) is 23.6. The number of hydrogen-bond donors (Lipinski definition) is 1. The van der Waals surface area contributed by atoms with Crippen LogP contribution in [0.25, 0.3) is 32.3 Å². The number of rotatable bonds is 3. The van der Waals surface area contributed by atoms with E-state index in [0.29, 0.717) is 0 Å². The van der Waals surface area contributed by atoms with Crippen molar-refractivity contribution < 1.29 is 9.90 Å². The Bertz CT molecular complexity index is 1530. The third-order valence-electron chi connectivity index (χ3n) is 5.93. The number of aliphatic hydroxyl groups excluding tert-OH is 1. The summed E-state index contributed by atoms with van der Waals surface area (Å²) in [5, 5.41) is 15.9. The number of pyridine rings is 3. The summed E-state index contributed by atoms with van der Waals surface area (Å²) in [6.07, 6.45) is 12.7. The largest absolute Gasteiger partial charge is 0.392 e. The Morgan fingerprint density at radius 1 is 0.667 bits per heavy atom. The molecule has 0 atom stereocenters. The van der Waals surface area contributed by atoms with Crippen LogP contribution >= 0.6 is 23.2 Å². The van der Waals surface area contributed by atoms with Crippen molar-refractivity contribution in [3.05, 3.63) is 127 Å². The molecule has 3 aromatic heterocycles. The second kappa shape index (κ2) is 16.1. The Morgan fingerprint density at radius 2 is 1.10 bits per heavy atom. The minimum absolute atomic E-state index is 0.0847. The van der Waals surface area contributed by atoms with Crippen molar-refractivity contribution in [2.45, 2.75) is 20.0 Å². The van der Waals surface area contributed by atoms with Crippen molar-refractivity contribution in [3.8, 4) is 0 Å². The first-order valence-electron chi connectivity index (χ1n) is 12.3. The minimum Gasteiger partial charge on any atom is -0.392 e. The summed E-state index contributed by atoms with van der Waals surface area (Å²) < 4.78 is 0. The maximum Gasteiger partial charge on any atom is 0.150 e. The van der Waals surface area contributed by atoms with Crippen LogP contribution in [0.2, 0.25) is 0 Å². The number of aryl methyl sites for hydroxylation is 1. The SMILES string of the molecule is CCc1cccc2cnccc12.ClCCl.O=Cc1cccc2cnccc12.OCc1cccc2cnccc12. The third kappa shape index (κ3) is 8.29. The molecule has 0 aliphatic heterocycles. The van der Waals surface area contributed by atoms with Gasteiger partial charge in [-0.2, -0.15) is 0 Å². The summed E-state index contributed by atoms with van der Waals surface area (Å²) in [6.45, 7) is 2.26. The molecule has 3 aromatic carbocycles. The monoisotopic (exact) mass is 557 g/mol. The van der Waals surface area contributed by atoms with Crippen molar-refractivity contribution in [1.82, 2.24) is 15.0 Å². The highest BCUT2D eigenvalue weighted by atomic mass is 35.5. The number of aliphatic hydroxyl groups is 1. The number of aromatic nitrogens is 3. The molecular weight excluding hydrogens is 529 g/mol. The summed E-state index contributed by atoms with van der Waals surface area (Å²) in [5.74, 6) is 0. The summed E-state index contributed by atoms with van der Waals surface area (Å²) in [5.41, 5.74) is 3.07. The van der Waals surface area contributed by atoms with E-state index in [4.69, 9.17) is 28.3 Å². The fraction of sp³-hybridized carbons (Fsp3) is 0.125. The fourth-order valence-electron chi connectivity index (χ4n) is 4.08. The van der Waals surface area contributed by atoms with Gasteiger partial charge in [-0.15, -0.1) is 23.2 Å². The predicted octanol–water partition coefficient (Wildman–Crippen LogP) is 7.99. The van der Waals surface area contributed by atoms with Crippen LogP contribution in [-0.2, 0) is 13.0 Å². The Labute approximate surface area is 238 Å². The topological polar surface area (TPSA) is 76.0 Å². The van der Waals surface area contributed by atoms with Crippen LogP contribution in [0.3, 0.4) is 0 Å². The van der Waals surface area contributed by atoms with Crippen molar-refractivity contribution in [2.24, 2.45) is 0 Å². The molecule has 6 rings (SSSR count). The second-order valence-corrected chi connectivity index (χ2v) is 9.01. The normalized spacial score (nSPS) is 9.95. The van der Waals surface area contributed by atoms with E-state index < -0.39 is 0 Å². The second-order valence-electron chi connectivity index (χ2n) is 8.20. The number of fused-ring (bicyclic) bond motifs is 3. The lowest BCUT2D eigenvalue weighted by Gasteiger charge is -2.01. The van der Waals surface area contributed by atoms with Crippen molar-refractivity contribution >= 4 is 61.8 Å². The lowest BCUT2D eigenvalue weighted by atomic mass is 10.1. The van der Waals surface area contributed by atoms with Crippen LogP contribution in [0.1, 0.15) is 28.4 Å². The summed E-state index contributed by atoms with van der Waals surface area (Å²) in [4.78, 5) is 22.7. The lowest BCUT2D eigenvalue weighted by Crippen LogP contribution is -1.85. The molecule has 0 spiro atoms. The van der Waals surface area contributed by atoms with Crippen molar-refractivity contribution in [3.63, 3.8) is 0 Å². The van der Waals surface area contributed by atoms with Gasteiger partial charge >= 0.3 is 0 Å². The number of carbonyl (C=O) groups excluding carboxylic acids is 1. The van der Waals surface area contributed by atoms with E-state index >= 15 is 0 Å². The summed E-state index contributed by atoms with van der Waals surface area (Å²) in [7, 11) is 0. The van der Waals surface area contributed by atoms with Gasteiger partial charge in [0.25, 0.3) is 0 Å². The zero-order chi connectivity index (χ0) is 27.9. The van der Waals surface area contributed by atoms with Gasteiger partial charge in [-0.25, -0.2) is 0 Å². The first-order valence-corrected chi connectivity index (χ1v) is 13.4. The molecule has 0 saturated heterocycles. The average Bonchev–Trinajstić information content (AvgIpc) is 3.01. The first kappa shape index (κ1) is 29.7. The van der Waals surface area contributed by atoms with Crippen LogP contribution in [0.5, 0.6) is 0 Å². The van der Waals surface area contributed by atoms with Crippen LogP contribution < -0.4 is 0 Å². The van der Waals surface area contributed by atoms with Crippen molar-refractivity contribution in [2.75, 3.05) is 5.34 Å². The molecule has 198 valence electrons. The van der Waals surface area contributed by atoms with Crippen LogP contribution in [0.15, 0.2) is 110 Å². The number of halogens is 2. The number of carbonyl (C=O) groups is 1. The zero-order valence-electron chi connectivity index (χ0n) is 21.5. The highest BCUT2D eigenvalue weighted by molar-refractivity contribution is 6.40. The highest BCUT2D eigenvalue weighted by Crippen LogP contribution is 2.18. The average molecular weight is 559 g/mol. The third-order valence-corrected chi connectivity index (χ3v) is 5.93. The molecule has 0 bridgehead atoms.